The summed E-state index contributed by atoms with van der Waals surface area (Å²) in [5.41, 5.74) is 8.23. The van der Waals surface area contributed by atoms with Crippen molar-refractivity contribution in [3.8, 4) is 0 Å². The first-order valence-corrected chi connectivity index (χ1v) is 7.18. The van der Waals surface area contributed by atoms with E-state index in [-0.39, 0.29) is 5.41 Å². The maximum atomic E-state index is 11.1. The first-order chi connectivity index (χ1) is 8.69. The molecule has 0 spiro atoms. The van der Waals surface area contributed by atoms with Gasteiger partial charge in [-0.25, -0.2) is 0 Å². The zero-order valence-electron chi connectivity index (χ0n) is 11.0. The Hall–Kier alpha value is -0.860. The molecule has 0 radical (unpaired) electrons. The minimum absolute atomic E-state index is 0.114. The van der Waals surface area contributed by atoms with E-state index >= 15 is 0 Å². The van der Waals surface area contributed by atoms with Gasteiger partial charge in [-0.3, -0.25) is 0 Å². The summed E-state index contributed by atoms with van der Waals surface area (Å²) in [6.45, 7) is 0.595. The molecule has 1 aromatic rings. The van der Waals surface area contributed by atoms with Crippen molar-refractivity contribution < 1.29 is 5.11 Å². The van der Waals surface area contributed by atoms with E-state index in [1.807, 2.05) is 0 Å². The van der Waals surface area contributed by atoms with Crippen LogP contribution in [0.25, 0.3) is 0 Å². The van der Waals surface area contributed by atoms with E-state index in [4.69, 9.17) is 5.73 Å². The van der Waals surface area contributed by atoms with Gasteiger partial charge < -0.3 is 10.8 Å². The molecule has 0 bridgehead atoms. The summed E-state index contributed by atoms with van der Waals surface area (Å²) in [6, 6.07) is 8.57. The third kappa shape index (κ3) is 1.70. The number of rotatable bonds is 2. The van der Waals surface area contributed by atoms with Crippen molar-refractivity contribution >= 4 is 0 Å². The van der Waals surface area contributed by atoms with E-state index in [0.29, 0.717) is 6.54 Å². The minimum atomic E-state index is -0.543. The molecular weight excluding hydrogens is 222 g/mol. The van der Waals surface area contributed by atoms with Crippen LogP contribution in [-0.4, -0.2) is 17.3 Å². The largest absolute Gasteiger partial charge is 0.389 e. The SMILES string of the molecule is NCC1(C2(O)CCCCC2)Cc2ccccc2C1. The third-order valence-electron chi connectivity index (χ3n) is 5.23. The highest BCUT2D eigenvalue weighted by Crippen LogP contribution is 2.50. The third-order valence-corrected chi connectivity index (χ3v) is 5.23. The molecule has 2 heteroatoms. The zero-order chi connectivity index (χ0) is 12.6. The van der Waals surface area contributed by atoms with Crippen LogP contribution in [0.2, 0.25) is 0 Å². The van der Waals surface area contributed by atoms with Crippen molar-refractivity contribution in [2.45, 2.75) is 50.5 Å². The number of hydrogen-bond acceptors (Lipinski definition) is 2. The molecule has 0 aromatic heterocycles. The van der Waals surface area contributed by atoms with E-state index in [2.05, 4.69) is 24.3 Å². The van der Waals surface area contributed by atoms with Gasteiger partial charge >= 0.3 is 0 Å². The van der Waals surface area contributed by atoms with Crippen LogP contribution >= 0.6 is 0 Å². The molecule has 3 rings (SSSR count). The Kier molecular flexibility index (Phi) is 2.95. The summed E-state index contributed by atoms with van der Waals surface area (Å²) in [5.74, 6) is 0. The van der Waals surface area contributed by atoms with Gasteiger partial charge in [0.05, 0.1) is 5.60 Å². The van der Waals surface area contributed by atoms with Crippen molar-refractivity contribution in [3.63, 3.8) is 0 Å². The maximum absolute atomic E-state index is 11.1. The van der Waals surface area contributed by atoms with E-state index in [1.165, 1.54) is 17.5 Å². The predicted molar refractivity (Wildman–Crippen MR) is 73.4 cm³/mol. The lowest BCUT2D eigenvalue weighted by atomic mass is 9.63. The molecule has 0 atom stereocenters. The van der Waals surface area contributed by atoms with E-state index in [1.54, 1.807) is 0 Å². The Bertz CT molecular complexity index is 409. The molecule has 18 heavy (non-hydrogen) atoms. The van der Waals surface area contributed by atoms with Crippen LogP contribution in [0.4, 0.5) is 0 Å². The van der Waals surface area contributed by atoms with Crippen LogP contribution in [0.1, 0.15) is 43.2 Å². The van der Waals surface area contributed by atoms with Gasteiger partial charge in [-0.05, 0) is 36.8 Å². The summed E-state index contributed by atoms with van der Waals surface area (Å²) in [4.78, 5) is 0. The minimum Gasteiger partial charge on any atom is -0.389 e. The Labute approximate surface area is 109 Å². The molecule has 3 N–H and O–H groups in total. The normalized spacial score (nSPS) is 24.8. The van der Waals surface area contributed by atoms with Gasteiger partial charge in [0.2, 0.25) is 0 Å². The fourth-order valence-corrected chi connectivity index (χ4v) is 4.02. The van der Waals surface area contributed by atoms with Crippen LogP contribution in [0.3, 0.4) is 0 Å². The van der Waals surface area contributed by atoms with Gasteiger partial charge in [-0.15, -0.1) is 0 Å². The number of nitrogens with two attached hydrogens (primary N) is 1. The van der Waals surface area contributed by atoms with Crippen molar-refractivity contribution in [1.82, 2.24) is 0 Å². The molecule has 0 unspecified atom stereocenters. The topological polar surface area (TPSA) is 46.2 Å². The fourth-order valence-electron chi connectivity index (χ4n) is 4.02. The first-order valence-electron chi connectivity index (χ1n) is 7.18. The maximum Gasteiger partial charge on any atom is 0.0722 e. The molecule has 0 aliphatic heterocycles. The Morgan fingerprint density at radius 3 is 2.06 bits per heavy atom. The highest BCUT2D eigenvalue weighted by molar-refractivity contribution is 5.36. The van der Waals surface area contributed by atoms with Gasteiger partial charge in [-0.2, -0.15) is 0 Å². The molecule has 0 heterocycles. The average molecular weight is 245 g/mol. The number of benzene rings is 1. The van der Waals surface area contributed by atoms with Crippen molar-refractivity contribution in [3.05, 3.63) is 35.4 Å². The molecule has 2 aliphatic rings. The molecule has 2 aliphatic carbocycles. The smallest absolute Gasteiger partial charge is 0.0722 e. The Morgan fingerprint density at radius 2 is 1.56 bits per heavy atom. The Morgan fingerprint density at radius 1 is 1.00 bits per heavy atom. The number of hydrogen-bond donors (Lipinski definition) is 2. The summed E-state index contributed by atoms with van der Waals surface area (Å²) >= 11 is 0. The van der Waals surface area contributed by atoms with Crippen LogP contribution in [0.5, 0.6) is 0 Å². The van der Waals surface area contributed by atoms with Gasteiger partial charge in [0.1, 0.15) is 0 Å². The lowest BCUT2D eigenvalue weighted by Gasteiger charge is -2.47. The van der Waals surface area contributed by atoms with Crippen LogP contribution in [-0.2, 0) is 12.8 Å². The monoisotopic (exact) mass is 245 g/mol. The summed E-state index contributed by atoms with van der Waals surface area (Å²) < 4.78 is 0. The standard InChI is InChI=1S/C16H23NO/c17-12-15(16(18)8-4-1-5-9-16)10-13-6-2-3-7-14(13)11-15/h2-3,6-7,18H,1,4-5,8-12,17H2. The molecule has 1 fully saturated rings. The van der Waals surface area contributed by atoms with Crippen LogP contribution in [0.15, 0.2) is 24.3 Å². The van der Waals surface area contributed by atoms with Crippen molar-refractivity contribution in [1.29, 1.82) is 0 Å². The van der Waals surface area contributed by atoms with Gasteiger partial charge in [0.15, 0.2) is 0 Å². The van der Waals surface area contributed by atoms with Gasteiger partial charge in [-0.1, -0.05) is 43.5 Å². The average Bonchev–Trinajstić information content (AvgIpc) is 2.80. The van der Waals surface area contributed by atoms with E-state index in [9.17, 15) is 5.11 Å². The highest BCUT2D eigenvalue weighted by atomic mass is 16.3. The quantitative estimate of drug-likeness (QED) is 0.840. The van der Waals surface area contributed by atoms with E-state index < -0.39 is 5.60 Å². The lowest BCUT2D eigenvalue weighted by molar-refractivity contribution is -0.101. The molecular formula is C16H23NO. The molecule has 1 aromatic carbocycles. The second kappa shape index (κ2) is 4.36. The van der Waals surface area contributed by atoms with E-state index in [0.717, 1.165) is 38.5 Å². The predicted octanol–water partition coefficient (Wildman–Crippen LogP) is 2.43. The van der Waals surface area contributed by atoms with Crippen LogP contribution in [0, 0.1) is 5.41 Å². The Balaban J connectivity index is 1.94. The second-order valence-electron chi connectivity index (χ2n) is 6.20. The molecule has 0 amide bonds. The summed E-state index contributed by atoms with van der Waals surface area (Å²) in [6.07, 6.45) is 7.32. The summed E-state index contributed by atoms with van der Waals surface area (Å²) in [5, 5.41) is 11.1. The summed E-state index contributed by atoms with van der Waals surface area (Å²) in [7, 11) is 0. The first kappa shape index (κ1) is 12.2. The van der Waals surface area contributed by atoms with Gasteiger partial charge in [0.25, 0.3) is 0 Å². The molecule has 98 valence electrons. The number of aliphatic hydroxyl groups is 1. The second-order valence-corrected chi connectivity index (χ2v) is 6.20. The zero-order valence-corrected chi connectivity index (χ0v) is 11.0. The lowest BCUT2D eigenvalue weighted by Crippen LogP contribution is -2.54. The fraction of sp³-hybridized carbons (Fsp3) is 0.625. The highest BCUT2D eigenvalue weighted by Gasteiger charge is 2.52. The van der Waals surface area contributed by atoms with Crippen molar-refractivity contribution in [2.24, 2.45) is 11.1 Å². The molecule has 2 nitrogen and oxygen atoms in total. The van der Waals surface area contributed by atoms with Crippen LogP contribution < -0.4 is 5.73 Å². The number of fused-ring (bicyclic) bond motifs is 1. The van der Waals surface area contributed by atoms with Crippen molar-refractivity contribution in [2.75, 3.05) is 6.54 Å². The van der Waals surface area contributed by atoms with Gasteiger partial charge in [0, 0.05) is 12.0 Å². The molecule has 0 saturated heterocycles. The molecule has 1 saturated carbocycles.